The summed E-state index contributed by atoms with van der Waals surface area (Å²) in [6, 6.07) is 0.315. The van der Waals surface area contributed by atoms with Gasteiger partial charge in [0.2, 0.25) is 0 Å². The van der Waals surface area contributed by atoms with Crippen LogP contribution in [0.1, 0.15) is 42.6 Å². The fourth-order valence-electron chi connectivity index (χ4n) is 1.82. The van der Waals surface area contributed by atoms with Gasteiger partial charge >= 0.3 is 0 Å². The number of hydrogen-bond acceptors (Lipinski definition) is 4. The molecule has 0 bridgehead atoms. The van der Waals surface area contributed by atoms with Gasteiger partial charge < -0.3 is 10.1 Å². The Hall–Kier alpha value is -0.870. The Kier molecular flexibility index (Phi) is 4.57. The molecule has 0 aromatic carbocycles. The molecule has 2 rings (SSSR count). The minimum absolute atomic E-state index is 0.313. The van der Waals surface area contributed by atoms with Gasteiger partial charge in [0.1, 0.15) is 11.1 Å². The smallest absolute Gasteiger partial charge is 0.110 e. The third kappa shape index (κ3) is 3.54. The highest BCUT2D eigenvalue weighted by molar-refractivity contribution is 7.11. The van der Waals surface area contributed by atoms with Crippen molar-refractivity contribution in [2.75, 3.05) is 6.54 Å². The first kappa shape index (κ1) is 12.6. The maximum atomic E-state index is 5.53. The molecule has 0 radical (unpaired) electrons. The van der Waals surface area contributed by atoms with Gasteiger partial charge in [0.25, 0.3) is 0 Å². The molecule has 2 heterocycles. The minimum Gasteiger partial charge on any atom is -0.497 e. The Morgan fingerprint density at radius 2 is 2.53 bits per heavy atom. The number of allylic oxidation sites excluding steroid dienone is 1. The molecule has 1 N–H and O–H groups in total. The van der Waals surface area contributed by atoms with Crippen molar-refractivity contribution in [1.82, 2.24) is 10.3 Å². The van der Waals surface area contributed by atoms with Crippen molar-refractivity contribution < 1.29 is 4.74 Å². The number of thiazole rings is 1. The van der Waals surface area contributed by atoms with Gasteiger partial charge in [0.15, 0.2) is 0 Å². The molecule has 0 amide bonds. The van der Waals surface area contributed by atoms with Crippen LogP contribution in [0.2, 0.25) is 0 Å². The van der Waals surface area contributed by atoms with Crippen LogP contribution >= 0.6 is 11.3 Å². The normalized spacial score (nSPS) is 21.2. The van der Waals surface area contributed by atoms with E-state index in [4.69, 9.17) is 4.74 Å². The number of nitrogens with one attached hydrogen (secondary N) is 1. The number of aryl methyl sites for hydroxylation is 1. The lowest BCUT2D eigenvalue weighted by Gasteiger charge is -2.21. The molecule has 0 spiro atoms. The molecule has 0 fully saturated rings. The lowest BCUT2D eigenvalue weighted by molar-refractivity contribution is 0.120. The molecule has 1 aliphatic rings. The van der Waals surface area contributed by atoms with Crippen molar-refractivity contribution in [3.63, 3.8) is 0 Å². The molecule has 3 nitrogen and oxygen atoms in total. The van der Waals surface area contributed by atoms with Gasteiger partial charge in [0.05, 0.1) is 12.3 Å². The quantitative estimate of drug-likeness (QED) is 0.874. The van der Waals surface area contributed by atoms with Crippen LogP contribution in [0.5, 0.6) is 0 Å². The van der Waals surface area contributed by atoms with E-state index < -0.39 is 0 Å². The average molecular weight is 252 g/mol. The molecule has 17 heavy (non-hydrogen) atoms. The largest absolute Gasteiger partial charge is 0.497 e. The zero-order valence-electron chi connectivity index (χ0n) is 10.5. The van der Waals surface area contributed by atoms with Crippen LogP contribution in [0.25, 0.3) is 0 Å². The zero-order valence-corrected chi connectivity index (χ0v) is 11.3. The molecule has 0 saturated heterocycles. The summed E-state index contributed by atoms with van der Waals surface area (Å²) < 4.78 is 5.53. The second-order valence-corrected chi connectivity index (χ2v) is 5.50. The Morgan fingerprint density at radius 3 is 3.18 bits per heavy atom. The Morgan fingerprint density at radius 1 is 1.65 bits per heavy atom. The van der Waals surface area contributed by atoms with Crippen LogP contribution in [-0.2, 0) is 11.2 Å². The molecular weight excluding hydrogens is 232 g/mol. The van der Waals surface area contributed by atoms with E-state index in [0.29, 0.717) is 12.1 Å². The maximum Gasteiger partial charge on any atom is 0.110 e. The third-order valence-electron chi connectivity index (χ3n) is 2.96. The summed E-state index contributed by atoms with van der Waals surface area (Å²) in [5.41, 5.74) is 0. The van der Waals surface area contributed by atoms with Gasteiger partial charge in [-0.25, -0.2) is 4.98 Å². The molecule has 1 aromatic rings. The number of ether oxygens (including phenoxy) is 1. The molecule has 1 aromatic heterocycles. The van der Waals surface area contributed by atoms with Crippen molar-refractivity contribution in [3.8, 4) is 0 Å². The van der Waals surface area contributed by atoms with Crippen LogP contribution < -0.4 is 5.32 Å². The summed E-state index contributed by atoms with van der Waals surface area (Å²) in [4.78, 5) is 5.80. The van der Waals surface area contributed by atoms with E-state index in [9.17, 15) is 0 Å². The topological polar surface area (TPSA) is 34.2 Å². The van der Waals surface area contributed by atoms with Crippen molar-refractivity contribution >= 4 is 11.3 Å². The fourth-order valence-corrected chi connectivity index (χ4v) is 2.70. The molecule has 94 valence electrons. The molecular formula is C13H20N2OS. The summed E-state index contributed by atoms with van der Waals surface area (Å²) in [5, 5.41) is 4.67. The summed E-state index contributed by atoms with van der Waals surface area (Å²) in [6.07, 6.45) is 9.49. The molecule has 4 heteroatoms. The number of rotatable bonds is 5. The van der Waals surface area contributed by atoms with Gasteiger partial charge in [-0.05, 0) is 32.3 Å². The molecule has 0 aliphatic carbocycles. The summed E-state index contributed by atoms with van der Waals surface area (Å²) >= 11 is 1.80. The first-order chi connectivity index (χ1) is 8.29. The van der Waals surface area contributed by atoms with Crippen LogP contribution in [0.3, 0.4) is 0 Å². The van der Waals surface area contributed by atoms with Gasteiger partial charge in [0, 0.05) is 17.6 Å². The number of nitrogens with zero attached hydrogens (tertiary/aromatic N) is 1. The highest BCUT2D eigenvalue weighted by atomic mass is 32.1. The number of hydrogen-bond donors (Lipinski definition) is 1. The standard InChI is InChI=1S/C13H20N2OS/c1-3-12-9-15-13(17-12)10(2)14-8-11-6-4-5-7-16-11/h5,7,9-11,14H,3-4,6,8H2,1-2H3. The lowest BCUT2D eigenvalue weighted by atomic mass is 10.1. The predicted molar refractivity (Wildman–Crippen MR) is 71.2 cm³/mol. The highest BCUT2D eigenvalue weighted by Gasteiger charge is 2.14. The van der Waals surface area contributed by atoms with Gasteiger partial charge in [-0.3, -0.25) is 0 Å². The predicted octanol–water partition coefficient (Wildman–Crippen LogP) is 3.05. The molecule has 2 atom stereocenters. The lowest BCUT2D eigenvalue weighted by Crippen LogP contribution is -2.30. The van der Waals surface area contributed by atoms with E-state index in [1.54, 1.807) is 11.3 Å². The second kappa shape index (κ2) is 6.17. The monoisotopic (exact) mass is 252 g/mol. The van der Waals surface area contributed by atoms with Gasteiger partial charge in [-0.2, -0.15) is 0 Å². The van der Waals surface area contributed by atoms with Gasteiger partial charge in [-0.15, -0.1) is 11.3 Å². The average Bonchev–Trinajstić information content (AvgIpc) is 2.86. The van der Waals surface area contributed by atoms with Crippen molar-refractivity contribution in [3.05, 3.63) is 28.4 Å². The Balaban J connectivity index is 1.80. The van der Waals surface area contributed by atoms with E-state index in [1.807, 2.05) is 12.5 Å². The maximum absolute atomic E-state index is 5.53. The van der Waals surface area contributed by atoms with E-state index >= 15 is 0 Å². The summed E-state index contributed by atoms with van der Waals surface area (Å²) in [7, 11) is 0. The zero-order chi connectivity index (χ0) is 12.1. The summed E-state index contributed by atoms with van der Waals surface area (Å²) in [6.45, 7) is 5.22. The summed E-state index contributed by atoms with van der Waals surface area (Å²) in [5.74, 6) is 0. The van der Waals surface area contributed by atoms with E-state index in [1.165, 1.54) is 9.88 Å². The van der Waals surface area contributed by atoms with Crippen LogP contribution in [0.4, 0.5) is 0 Å². The van der Waals surface area contributed by atoms with E-state index in [0.717, 1.165) is 25.8 Å². The third-order valence-corrected chi connectivity index (χ3v) is 4.29. The molecule has 1 aliphatic heterocycles. The first-order valence-electron chi connectivity index (χ1n) is 6.28. The second-order valence-electron chi connectivity index (χ2n) is 4.36. The fraction of sp³-hybridized carbons (Fsp3) is 0.615. The van der Waals surface area contributed by atoms with Crippen molar-refractivity contribution in [1.29, 1.82) is 0 Å². The minimum atomic E-state index is 0.313. The van der Waals surface area contributed by atoms with Crippen LogP contribution in [0, 0.1) is 0 Å². The van der Waals surface area contributed by atoms with Crippen LogP contribution in [-0.4, -0.2) is 17.6 Å². The Bertz CT molecular complexity index is 375. The molecule has 0 saturated carbocycles. The van der Waals surface area contributed by atoms with Crippen molar-refractivity contribution in [2.24, 2.45) is 0 Å². The highest BCUT2D eigenvalue weighted by Crippen LogP contribution is 2.20. The van der Waals surface area contributed by atoms with Crippen LogP contribution in [0.15, 0.2) is 18.5 Å². The number of aromatic nitrogens is 1. The first-order valence-corrected chi connectivity index (χ1v) is 7.09. The SMILES string of the molecule is CCc1cnc(C(C)NCC2CCC=CO2)s1. The molecule has 2 unspecified atom stereocenters. The van der Waals surface area contributed by atoms with Gasteiger partial charge in [-0.1, -0.05) is 6.92 Å². The van der Waals surface area contributed by atoms with Crippen molar-refractivity contribution in [2.45, 2.75) is 45.3 Å². The van der Waals surface area contributed by atoms with E-state index in [2.05, 4.69) is 30.2 Å². The Labute approximate surface area is 107 Å². The van der Waals surface area contributed by atoms with E-state index in [-0.39, 0.29) is 0 Å².